The van der Waals surface area contributed by atoms with Gasteiger partial charge in [-0.15, -0.1) is 0 Å². The van der Waals surface area contributed by atoms with Gasteiger partial charge in [0.2, 0.25) is 0 Å². The first-order valence-corrected chi connectivity index (χ1v) is 6.26. The summed E-state index contributed by atoms with van der Waals surface area (Å²) >= 11 is 0. The van der Waals surface area contributed by atoms with Crippen LogP contribution in [0.3, 0.4) is 0 Å². The molecule has 4 heteroatoms. The molecule has 0 atom stereocenters. The lowest BCUT2D eigenvalue weighted by Gasteiger charge is -2.06. The van der Waals surface area contributed by atoms with Gasteiger partial charge < -0.3 is 5.32 Å². The molecule has 0 aliphatic heterocycles. The van der Waals surface area contributed by atoms with Crippen LogP contribution in [0, 0.1) is 11.3 Å². The minimum Gasteiger partial charge on any atom is -0.309 e. The van der Waals surface area contributed by atoms with E-state index < -0.39 is 6.43 Å². The number of halogens is 2. The summed E-state index contributed by atoms with van der Waals surface area (Å²) in [6, 6.07) is 15.7. The lowest BCUT2D eigenvalue weighted by molar-refractivity contribution is 0.151. The predicted octanol–water partition coefficient (Wildman–Crippen LogP) is 3.79. The molecule has 0 radical (unpaired) electrons. The molecule has 0 unspecified atom stereocenters. The normalized spacial score (nSPS) is 10.5. The minimum absolute atomic E-state index is 0.0375. The van der Waals surface area contributed by atoms with E-state index in [1.54, 1.807) is 18.2 Å². The van der Waals surface area contributed by atoms with Gasteiger partial charge in [0.15, 0.2) is 0 Å². The molecule has 0 spiro atoms. The maximum atomic E-state index is 12.4. The summed E-state index contributed by atoms with van der Waals surface area (Å²) in [4.78, 5) is 0. The summed E-state index contributed by atoms with van der Waals surface area (Å²) in [5.41, 5.74) is 2.64. The molecular formula is C16H14F2N2. The number of hydrogen-bond donors (Lipinski definition) is 1. The molecule has 1 N–H and O–H groups in total. The fourth-order valence-electron chi connectivity index (χ4n) is 1.88. The van der Waals surface area contributed by atoms with Crippen molar-refractivity contribution >= 4 is 0 Å². The third kappa shape index (κ3) is 3.87. The van der Waals surface area contributed by atoms with Gasteiger partial charge in [0.05, 0.1) is 11.6 Å². The average Bonchev–Trinajstić information content (AvgIpc) is 2.48. The lowest BCUT2D eigenvalue weighted by Crippen LogP contribution is -2.12. The molecule has 102 valence electrons. The number of benzene rings is 2. The van der Waals surface area contributed by atoms with E-state index in [-0.39, 0.29) is 5.56 Å². The summed E-state index contributed by atoms with van der Waals surface area (Å²) in [6.07, 6.45) is -2.43. The Morgan fingerprint density at radius 1 is 1.00 bits per heavy atom. The van der Waals surface area contributed by atoms with Crippen molar-refractivity contribution in [2.24, 2.45) is 0 Å². The van der Waals surface area contributed by atoms with E-state index in [1.165, 1.54) is 12.1 Å². The average molecular weight is 272 g/mol. The molecule has 2 aromatic carbocycles. The summed E-state index contributed by atoms with van der Waals surface area (Å²) in [6.45, 7) is 1.23. The van der Waals surface area contributed by atoms with Crippen LogP contribution in [0.25, 0.3) is 0 Å². The van der Waals surface area contributed by atoms with Gasteiger partial charge in [0, 0.05) is 18.7 Å². The van der Waals surface area contributed by atoms with E-state index >= 15 is 0 Å². The first-order valence-electron chi connectivity index (χ1n) is 6.26. The number of nitrogens with one attached hydrogen (secondary N) is 1. The molecule has 2 aromatic rings. The maximum Gasteiger partial charge on any atom is 0.263 e. The monoisotopic (exact) mass is 272 g/mol. The number of nitriles is 1. The van der Waals surface area contributed by atoms with Gasteiger partial charge in [0.25, 0.3) is 6.43 Å². The highest BCUT2D eigenvalue weighted by Gasteiger charge is 2.05. The molecule has 2 nitrogen and oxygen atoms in total. The van der Waals surface area contributed by atoms with E-state index in [0.29, 0.717) is 18.7 Å². The Balaban J connectivity index is 1.88. The molecule has 2 rings (SSSR count). The van der Waals surface area contributed by atoms with Crippen LogP contribution >= 0.6 is 0 Å². The predicted molar refractivity (Wildman–Crippen MR) is 73.1 cm³/mol. The minimum atomic E-state index is -2.43. The summed E-state index contributed by atoms with van der Waals surface area (Å²) in [5, 5.41) is 12.0. The van der Waals surface area contributed by atoms with Crippen LogP contribution in [0.4, 0.5) is 8.78 Å². The van der Waals surface area contributed by atoms with Gasteiger partial charge in [-0.25, -0.2) is 8.78 Å². The Labute approximate surface area is 116 Å². The second-order valence-corrected chi connectivity index (χ2v) is 4.46. The SMILES string of the molecule is N#Cc1cccc(CNCc2ccc(C(F)F)cc2)c1. The second kappa shape index (κ2) is 6.78. The number of nitrogens with zero attached hydrogens (tertiary/aromatic N) is 1. The van der Waals surface area contributed by atoms with Crippen molar-refractivity contribution in [3.63, 3.8) is 0 Å². The topological polar surface area (TPSA) is 35.8 Å². The number of rotatable bonds is 5. The first-order chi connectivity index (χ1) is 9.69. The molecule has 20 heavy (non-hydrogen) atoms. The summed E-state index contributed by atoms with van der Waals surface area (Å²) in [7, 11) is 0. The van der Waals surface area contributed by atoms with Crippen LogP contribution < -0.4 is 5.32 Å². The fourth-order valence-corrected chi connectivity index (χ4v) is 1.88. The Kier molecular flexibility index (Phi) is 4.80. The fraction of sp³-hybridized carbons (Fsp3) is 0.188. The molecule has 0 saturated carbocycles. The Bertz CT molecular complexity index is 601. The van der Waals surface area contributed by atoms with E-state index in [4.69, 9.17) is 5.26 Å². The molecule has 0 aliphatic rings. The molecule has 0 amide bonds. The number of alkyl halides is 2. The second-order valence-electron chi connectivity index (χ2n) is 4.46. The largest absolute Gasteiger partial charge is 0.309 e. The first kappa shape index (κ1) is 14.2. The smallest absolute Gasteiger partial charge is 0.263 e. The zero-order valence-corrected chi connectivity index (χ0v) is 10.8. The van der Waals surface area contributed by atoms with Crippen molar-refractivity contribution < 1.29 is 8.78 Å². The van der Waals surface area contributed by atoms with Crippen LogP contribution in [-0.4, -0.2) is 0 Å². The van der Waals surface area contributed by atoms with Gasteiger partial charge in [-0.2, -0.15) is 5.26 Å². The summed E-state index contributed by atoms with van der Waals surface area (Å²) in [5.74, 6) is 0. The third-order valence-electron chi connectivity index (χ3n) is 2.95. The van der Waals surface area contributed by atoms with Crippen LogP contribution in [0.15, 0.2) is 48.5 Å². The molecule has 0 aliphatic carbocycles. The van der Waals surface area contributed by atoms with Crippen LogP contribution in [0.5, 0.6) is 0 Å². The molecule has 0 bridgehead atoms. The highest BCUT2D eigenvalue weighted by Crippen LogP contribution is 2.18. The standard InChI is InChI=1S/C16H14F2N2/c17-16(18)15-6-4-12(5-7-15)10-20-11-14-3-1-2-13(8-14)9-19/h1-8,16,20H,10-11H2. The highest BCUT2D eigenvalue weighted by molar-refractivity contribution is 5.32. The zero-order chi connectivity index (χ0) is 14.4. The number of hydrogen-bond acceptors (Lipinski definition) is 2. The van der Waals surface area contributed by atoms with Crippen molar-refractivity contribution in [3.05, 3.63) is 70.8 Å². The Morgan fingerprint density at radius 3 is 2.35 bits per heavy atom. The molecule has 0 aromatic heterocycles. The third-order valence-corrected chi connectivity index (χ3v) is 2.95. The molecule has 0 saturated heterocycles. The quantitative estimate of drug-likeness (QED) is 0.899. The van der Waals surface area contributed by atoms with E-state index in [1.807, 2.05) is 18.2 Å². The van der Waals surface area contributed by atoms with Crippen LogP contribution in [-0.2, 0) is 13.1 Å². The van der Waals surface area contributed by atoms with E-state index in [9.17, 15) is 8.78 Å². The maximum absolute atomic E-state index is 12.4. The summed E-state index contributed by atoms with van der Waals surface area (Å²) < 4.78 is 24.8. The van der Waals surface area contributed by atoms with Crippen molar-refractivity contribution in [1.29, 1.82) is 5.26 Å². The van der Waals surface area contributed by atoms with Crippen LogP contribution in [0.2, 0.25) is 0 Å². The Morgan fingerprint density at radius 2 is 1.70 bits per heavy atom. The zero-order valence-electron chi connectivity index (χ0n) is 10.8. The molecule has 0 heterocycles. The molecule has 0 fully saturated rings. The lowest BCUT2D eigenvalue weighted by atomic mass is 10.1. The van der Waals surface area contributed by atoms with Gasteiger partial charge in [-0.3, -0.25) is 0 Å². The van der Waals surface area contributed by atoms with Gasteiger partial charge >= 0.3 is 0 Å². The van der Waals surface area contributed by atoms with E-state index in [0.717, 1.165) is 11.1 Å². The molecular weight excluding hydrogens is 258 g/mol. The van der Waals surface area contributed by atoms with Crippen LogP contribution in [0.1, 0.15) is 28.7 Å². The van der Waals surface area contributed by atoms with E-state index in [2.05, 4.69) is 11.4 Å². The van der Waals surface area contributed by atoms with Gasteiger partial charge in [-0.05, 0) is 23.3 Å². The van der Waals surface area contributed by atoms with Crippen molar-refractivity contribution in [3.8, 4) is 6.07 Å². The van der Waals surface area contributed by atoms with Gasteiger partial charge in [-0.1, -0.05) is 36.4 Å². The van der Waals surface area contributed by atoms with Gasteiger partial charge in [0.1, 0.15) is 0 Å². The highest BCUT2D eigenvalue weighted by atomic mass is 19.3. The van der Waals surface area contributed by atoms with Crippen molar-refractivity contribution in [2.45, 2.75) is 19.5 Å². The van der Waals surface area contributed by atoms with Crippen molar-refractivity contribution in [1.82, 2.24) is 5.32 Å². The Hall–Kier alpha value is -2.25. The van der Waals surface area contributed by atoms with Crippen molar-refractivity contribution in [2.75, 3.05) is 0 Å².